The van der Waals surface area contributed by atoms with E-state index in [0.717, 1.165) is 8.95 Å². The van der Waals surface area contributed by atoms with Gasteiger partial charge < -0.3 is 0 Å². The Kier molecular flexibility index (Phi) is 11.8. The summed E-state index contributed by atoms with van der Waals surface area (Å²) in [5, 5.41) is 0. The first-order valence-corrected chi connectivity index (χ1v) is 15.8. The Morgan fingerprint density at radius 1 is 0.594 bits per heavy atom. The average molecular weight is 597 g/mol. The fraction of sp³-hybridized carbons (Fsp3) is 0.500. The highest BCUT2D eigenvalue weighted by Crippen LogP contribution is 2.51. The predicted molar refractivity (Wildman–Crippen MR) is 156 cm³/mol. The second-order valence-corrected chi connectivity index (χ2v) is 12.9. The first-order valence-electron chi connectivity index (χ1n) is 12.3. The van der Waals surface area contributed by atoms with Crippen LogP contribution in [0.1, 0.15) is 89.2 Å². The molecule has 0 atom stereocenters. The maximum atomic E-state index is 3.73. The van der Waals surface area contributed by atoms with Crippen molar-refractivity contribution < 1.29 is 0 Å². The van der Waals surface area contributed by atoms with Gasteiger partial charge in [-0.2, -0.15) is 0 Å². The number of hydrogen-bond donors (Lipinski definition) is 0. The Bertz CT molecular complexity index is 833. The van der Waals surface area contributed by atoms with E-state index in [-0.39, 0.29) is 0 Å². The Labute approximate surface area is 221 Å². The molecule has 0 amide bonds. The molecule has 32 heavy (non-hydrogen) atoms. The second kappa shape index (κ2) is 14.3. The van der Waals surface area contributed by atoms with Crippen LogP contribution in [0.15, 0.2) is 49.6 Å². The zero-order valence-corrected chi connectivity index (χ0v) is 24.3. The third-order valence-electron chi connectivity index (χ3n) is 5.96. The van der Waals surface area contributed by atoms with Crippen molar-refractivity contribution in [1.29, 1.82) is 0 Å². The minimum Gasteiger partial charge on any atom is -0.119 e. The van der Waals surface area contributed by atoms with Crippen molar-refractivity contribution >= 4 is 61.0 Å². The quantitative estimate of drug-likeness (QED) is 0.170. The lowest BCUT2D eigenvalue weighted by Gasteiger charge is -2.14. The largest absolute Gasteiger partial charge is 0.119 e. The molecule has 3 rings (SSSR count). The predicted octanol–water partition coefficient (Wildman–Crippen LogP) is 11.3. The van der Waals surface area contributed by atoms with Gasteiger partial charge in [0.25, 0.3) is 0 Å². The number of halogens is 2. The zero-order valence-electron chi connectivity index (χ0n) is 19.5. The van der Waals surface area contributed by atoms with E-state index in [1.807, 2.05) is 0 Å². The highest BCUT2D eigenvalue weighted by atomic mass is 79.9. The molecule has 0 nitrogen and oxygen atoms in total. The van der Waals surface area contributed by atoms with Crippen molar-refractivity contribution in [3.05, 3.63) is 60.7 Å². The van der Waals surface area contributed by atoms with E-state index < -0.39 is 0 Å². The van der Waals surface area contributed by atoms with Crippen LogP contribution < -0.4 is 0 Å². The number of thioether (sulfide) groups is 2. The van der Waals surface area contributed by atoms with Crippen molar-refractivity contribution in [2.24, 2.45) is 0 Å². The van der Waals surface area contributed by atoms with Gasteiger partial charge in [-0.15, -0.1) is 23.5 Å². The first-order chi connectivity index (χ1) is 15.7. The van der Waals surface area contributed by atoms with Crippen molar-refractivity contribution in [2.45, 2.75) is 78.1 Å². The molecule has 0 aromatic heterocycles. The number of fused-ring (bicyclic) bond motifs is 3. The molecule has 2 aromatic rings. The fourth-order valence-corrected chi connectivity index (χ4v) is 7.56. The normalized spacial score (nSPS) is 12.2. The van der Waals surface area contributed by atoms with Crippen LogP contribution in [-0.4, -0.2) is 11.5 Å². The van der Waals surface area contributed by atoms with Crippen LogP contribution in [0.3, 0.4) is 0 Å². The molecule has 0 saturated heterocycles. The van der Waals surface area contributed by atoms with Crippen LogP contribution in [-0.2, 0) is 0 Å². The molecule has 2 aromatic carbocycles. The van der Waals surface area contributed by atoms with E-state index >= 15 is 0 Å². The smallest absolute Gasteiger partial charge is 0.0486 e. The van der Waals surface area contributed by atoms with Crippen molar-refractivity contribution in [1.82, 2.24) is 0 Å². The standard InChI is InChI=1S/C28H36Br2S2/c1-3-5-7-9-11-17-31-28(32-18-12-10-8-6-4-2)27-25-19-21(29)13-15-23(25)24-16-14-22(30)20-26(24)27/h13-16,19-20H,3-12,17-18H2,1-2H3. The molecule has 1 aliphatic rings. The maximum absolute atomic E-state index is 3.73. The summed E-state index contributed by atoms with van der Waals surface area (Å²) in [6, 6.07) is 13.6. The van der Waals surface area contributed by atoms with Crippen LogP contribution in [0.4, 0.5) is 0 Å². The summed E-state index contributed by atoms with van der Waals surface area (Å²) in [6.45, 7) is 4.58. The van der Waals surface area contributed by atoms with Gasteiger partial charge in [0.1, 0.15) is 0 Å². The summed E-state index contributed by atoms with van der Waals surface area (Å²) in [5.41, 5.74) is 6.97. The van der Waals surface area contributed by atoms with Crippen molar-refractivity contribution in [2.75, 3.05) is 11.5 Å². The SMILES string of the molecule is CCCCCCCSC(SCCCCCCC)=C1c2cc(Br)ccc2-c2ccc(Br)cc21. The van der Waals surface area contributed by atoms with Gasteiger partial charge in [0, 0.05) is 18.8 Å². The fourth-order valence-electron chi connectivity index (χ4n) is 4.21. The topological polar surface area (TPSA) is 0 Å². The van der Waals surface area contributed by atoms with E-state index in [9.17, 15) is 0 Å². The molecule has 4 heteroatoms. The van der Waals surface area contributed by atoms with Gasteiger partial charge in [-0.25, -0.2) is 0 Å². The Morgan fingerprint density at radius 2 is 1.03 bits per heavy atom. The Balaban J connectivity index is 1.85. The molecule has 0 aliphatic heterocycles. The van der Waals surface area contributed by atoms with E-state index in [0.29, 0.717) is 0 Å². The molecule has 0 heterocycles. The number of rotatable bonds is 14. The van der Waals surface area contributed by atoms with E-state index in [2.05, 4.69) is 106 Å². The molecule has 1 aliphatic carbocycles. The molecule has 0 saturated carbocycles. The highest BCUT2D eigenvalue weighted by molar-refractivity contribution is 9.10. The third kappa shape index (κ3) is 7.42. The van der Waals surface area contributed by atoms with E-state index in [1.54, 1.807) is 0 Å². The molecule has 0 unspecified atom stereocenters. The molecule has 174 valence electrons. The van der Waals surface area contributed by atoms with Crippen molar-refractivity contribution in [3.8, 4) is 11.1 Å². The molecular weight excluding hydrogens is 560 g/mol. The molecular formula is C28H36Br2S2. The summed E-state index contributed by atoms with van der Waals surface area (Å²) in [6.07, 6.45) is 13.5. The minimum absolute atomic E-state index is 1.16. The van der Waals surface area contributed by atoms with Gasteiger partial charge >= 0.3 is 0 Å². The average Bonchev–Trinajstić information content (AvgIpc) is 3.09. The summed E-state index contributed by atoms with van der Waals surface area (Å²) in [5.74, 6) is 2.44. The van der Waals surface area contributed by atoms with Gasteiger partial charge in [0.2, 0.25) is 0 Å². The Hall–Kier alpha value is -0.160. The van der Waals surface area contributed by atoms with E-state index in [4.69, 9.17) is 0 Å². The van der Waals surface area contributed by atoms with Crippen LogP contribution in [0, 0.1) is 0 Å². The highest BCUT2D eigenvalue weighted by Gasteiger charge is 2.27. The first kappa shape index (κ1) is 26.4. The molecule has 0 spiro atoms. The molecule has 0 radical (unpaired) electrons. The zero-order chi connectivity index (χ0) is 22.8. The van der Waals surface area contributed by atoms with Gasteiger partial charge in [-0.05, 0) is 70.9 Å². The summed E-state index contributed by atoms with van der Waals surface area (Å²) in [7, 11) is 0. The number of benzene rings is 2. The lowest BCUT2D eigenvalue weighted by molar-refractivity contribution is 0.659. The van der Waals surface area contributed by atoms with Gasteiger partial charge in [-0.1, -0.05) is 109 Å². The van der Waals surface area contributed by atoms with Crippen LogP contribution in [0.2, 0.25) is 0 Å². The van der Waals surface area contributed by atoms with Crippen LogP contribution in [0.25, 0.3) is 16.7 Å². The molecule has 0 fully saturated rings. The Morgan fingerprint density at radius 3 is 1.47 bits per heavy atom. The van der Waals surface area contributed by atoms with Gasteiger partial charge in [0.05, 0.1) is 0 Å². The summed E-state index contributed by atoms with van der Waals surface area (Å²) < 4.78 is 3.84. The lowest BCUT2D eigenvalue weighted by Crippen LogP contribution is -1.91. The number of hydrogen-bond acceptors (Lipinski definition) is 2. The molecule has 0 bridgehead atoms. The third-order valence-corrected chi connectivity index (χ3v) is 9.57. The van der Waals surface area contributed by atoms with E-state index in [1.165, 1.54) is 108 Å². The van der Waals surface area contributed by atoms with Gasteiger partial charge in [-0.3, -0.25) is 0 Å². The lowest BCUT2D eigenvalue weighted by atomic mass is 10.1. The van der Waals surface area contributed by atoms with Crippen LogP contribution in [0.5, 0.6) is 0 Å². The minimum atomic E-state index is 1.16. The second-order valence-electron chi connectivity index (χ2n) is 8.57. The molecule has 0 N–H and O–H groups in total. The summed E-state index contributed by atoms with van der Waals surface area (Å²) in [4.78, 5) is 0. The van der Waals surface area contributed by atoms with Crippen LogP contribution >= 0.6 is 55.4 Å². The monoisotopic (exact) mass is 594 g/mol. The maximum Gasteiger partial charge on any atom is 0.0486 e. The number of unbranched alkanes of at least 4 members (excludes halogenated alkanes) is 8. The van der Waals surface area contributed by atoms with Crippen molar-refractivity contribution in [3.63, 3.8) is 0 Å². The van der Waals surface area contributed by atoms with Gasteiger partial charge in [0.15, 0.2) is 0 Å². The summed E-state index contributed by atoms with van der Waals surface area (Å²) >= 11 is 11.7.